The number of carbonyl (C=O) groups is 4. The van der Waals surface area contributed by atoms with E-state index in [0.29, 0.717) is 64.8 Å². The molecular weight excluding hydrogens is 616 g/mol. The van der Waals surface area contributed by atoms with Gasteiger partial charge in [-0.25, -0.2) is 9.79 Å². The van der Waals surface area contributed by atoms with Gasteiger partial charge in [0.1, 0.15) is 6.04 Å². The van der Waals surface area contributed by atoms with Gasteiger partial charge >= 0.3 is 5.97 Å². The van der Waals surface area contributed by atoms with E-state index < -0.39 is 36.0 Å². The highest BCUT2D eigenvalue weighted by Gasteiger charge is 2.34. The fraction of sp³-hybridized carbons (Fsp3) is 0.690. The molecule has 2 aliphatic heterocycles. The Kier molecular flexibility index (Phi) is 16.4. The monoisotopic (exact) mass is 664 g/mol. The lowest BCUT2D eigenvalue weighted by atomic mass is 9.91. The summed E-state index contributed by atoms with van der Waals surface area (Å²) in [6.45, 7) is 4.42. The summed E-state index contributed by atoms with van der Waals surface area (Å²) in [5.41, 5.74) is 11.7. The molecule has 0 aromatic heterocycles. The molecule has 0 aromatic carbocycles. The minimum Gasteiger partial charge on any atom is -0.480 e. The first-order valence-corrected chi connectivity index (χ1v) is 15.7. The lowest BCUT2D eigenvalue weighted by Crippen LogP contribution is -2.52. The van der Waals surface area contributed by atoms with Gasteiger partial charge in [-0.05, 0) is 26.3 Å². The Balaban J connectivity index is 1.25. The highest BCUT2D eigenvalue weighted by Crippen LogP contribution is 2.19. The largest absolute Gasteiger partial charge is 0.480 e. The summed E-state index contributed by atoms with van der Waals surface area (Å²) in [6, 6.07) is -1.99. The van der Waals surface area contributed by atoms with E-state index in [2.05, 4.69) is 36.2 Å². The number of carboxylic acid groups (broad SMARTS) is 1. The number of aliphatic carboxylic acids is 1. The number of likely N-dealkylation sites (N-methyl/N-ethyl adjacent to an activating group) is 1. The Bertz CT molecular complexity index is 1180. The van der Waals surface area contributed by atoms with E-state index in [1.165, 1.54) is 0 Å². The molecule has 3 rings (SSSR count). The standard InChI is InChI=1S/C29H48N10O8/c1-39(18-30)9-11-46-13-15-47-14-12-45-10-8-32-23(40)7-6-22(28(43)44)36-26(41)19-2-4-20(5-3-19)33-16-21-17-34-25-24(35-21)27(42)38-29(31)37-25/h2,4,17,19-20,22,24-25,33H,3,5-16,18,30H2,1H3,(H,32,40)(H,36,41)(H,43,44)(H3,31,37,38,42). The second kappa shape index (κ2) is 20.4. The first-order chi connectivity index (χ1) is 22.7. The predicted octanol–water partition coefficient (Wildman–Crippen LogP) is -3.06. The Morgan fingerprint density at radius 3 is 2.49 bits per heavy atom. The van der Waals surface area contributed by atoms with Gasteiger partial charge < -0.3 is 46.7 Å². The number of nitrogens with two attached hydrogens (primary N) is 2. The number of aliphatic imine (C=N–C) groups is 3. The molecule has 0 bridgehead atoms. The molecule has 18 heteroatoms. The summed E-state index contributed by atoms with van der Waals surface area (Å²) >= 11 is 0. The maximum atomic E-state index is 12.8. The third kappa shape index (κ3) is 13.8. The first-order valence-electron chi connectivity index (χ1n) is 15.7. The Morgan fingerprint density at radius 2 is 1.81 bits per heavy atom. The molecule has 2 heterocycles. The topological polar surface area (TPSA) is 257 Å². The summed E-state index contributed by atoms with van der Waals surface area (Å²) in [4.78, 5) is 63.6. The molecule has 9 N–H and O–H groups in total. The number of nitrogens with zero attached hydrogens (tertiary/aromatic N) is 4. The van der Waals surface area contributed by atoms with Crippen LogP contribution in [-0.4, -0.2) is 149 Å². The van der Waals surface area contributed by atoms with E-state index in [-0.39, 0.29) is 49.8 Å². The third-order valence-corrected chi connectivity index (χ3v) is 7.52. The zero-order chi connectivity index (χ0) is 34.0. The van der Waals surface area contributed by atoms with E-state index in [1.807, 2.05) is 18.0 Å². The second-order valence-corrected chi connectivity index (χ2v) is 11.2. The van der Waals surface area contributed by atoms with E-state index in [9.17, 15) is 24.3 Å². The van der Waals surface area contributed by atoms with Crippen LogP contribution in [0.25, 0.3) is 0 Å². The van der Waals surface area contributed by atoms with Crippen LogP contribution in [0.1, 0.15) is 25.7 Å². The van der Waals surface area contributed by atoms with Crippen molar-refractivity contribution in [3.8, 4) is 0 Å². The molecule has 47 heavy (non-hydrogen) atoms. The molecule has 3 amide bonds. The lowest BCUT2D eigenvalue weighted by molar-refractivity contribution is -0.142. The van der Waals surface area contributed by atoms with Crippen LogP contribution in [0, 0.1) is 5.92 Å². The van der Waals surface area contributed by atoms with Crippen molar-refractivity contribution in [1.29, 1.82) is 0 Å². The molecular formula is C29H48N10O8. The number of amides is 3. The minimum atomic E-state index is -1.21. The van der Waals surface area contributed by atoms with Crippen molar-refractivity contribution in [2.45, 2.75) is 50.0 Å². The van der Waals surface area contributed by atoms with Crippen LogP contribution < -0.4 is 32.7 Å². The summed E-state index contributed by atoms with van der Waals surface area (Å²) in [6.07, 6.45) is 5.52. The molecule has 0 aromatic rings. The summed E-state index contributed by atoms with van der Waals surface area (Å²) in [7, 11) is 1.91. The van der Waals surface area contributed by atoms with Gasteiger partial charge in [-0.2, -0.15) is 0 Å². The third-order valence-electron chi connectivity index (χ3n) is 7.52. The van der Waals surface area contributed by atoms with Gasteiger partial charge in [-0.15, -0.1) is 0 Å². The maximum Gasteiger partial charge on any atom is 0.326 e. The molecule has 3 aliphatic rings. The van der Waals surface area contributed by atoms with Crippen molar-refractivity contribution >= 4 is 41.6 Å². The quantitative estimate of drug-likeness (QED) is 0.0346. The van der Waals surface area contributed by atoms with E-state index >= 15 is 0 Å². The minimum absolute atomic E-state index is 0.0212. The van der Waals surface area contributed by atoms with Crippen LogP contribution in [0.2, 0.25) is 0 Å². The number of hydrogen-bond donors (Lipinski definition) is 7. The van der Waals surface area contributed by atoms with Gasteiger partial charge in [0.25, 0.3) is 5.91 Å². The fourth-order valence-electron chi connectivity index (χ4n) is 4.75. The van der Waals surface area contributed by atoms with Crippen LogP contribution in [0.3, 0.4) is 0 Å². The number of hydrogen-bond acceptors (Lipinski definition) is 14. The average molecular weight is 665 g/mol. The molecule has 1 aliphatic carbocycles. The van der Waals surface area contributed by atoms with Crippen molar-refractivity contribution in [1.82, 2.24) is 26.2 Å². The normalized spacial score (nSPS) is 22.6. The van der Waals surface area contributed by atoms with E-state index in [1.54, 1.807) is 12.3 Å². The highest BCUT2D eigenvalue weighted by molar-refractivity contribution is 6.32. The van der Waals surface area contributed by atoms with Crippen LogP contribution in [0.15, 0.2) is 27.1 Å². The first kappa shape index (κ1) is 37.6. The molecule has 5 unspecified atom stereocenters. The van der Waals surface area contributed by atoms with Gasteiger partial charge in [0.15, 0.2) is 18.2 Å². The summed E-state index contributed by atoms with van der Waals surface area (Å²) in [5.74, 6) is -2.78. The SMILES string of the molecule is CN(CN)CCOCCOCCOCCNC(=O)CCC(NC(=O)C1C=CC(NCC2=NC3C(=O)NC(N)=NC3N=C2)CC1)C(=O)O. The van der Waals surface area contributed by atoms with Crippen molar-refractivity contribution in [2.24, 2.45) is 32.4 Å². The predicted molar refractivity (Wildman–Crippen MR) is 173 cm³/mol. The van der Waals surface area contributed by atoms with Crippen LogP contribution in [-0.2, 0) is 33.4 Å². The van der Waals surface area contributed by atoms with Gasteiger partial charge in [0.2, 0.25) is 11.8 Å². The maximum absolute atomic E-state index is 12.8. The van der Waals surface area contributed by atoms with Crippen LogP contribution in [0.5, 0.6) is 0 Å². The Morgan fingerprint density at radius 1 is 1.09 bits per heavy atom. The van der Waals surface area contributed by atoms with E-state index in [0.717, 1.165) is 6.54 Å². The average Bonchev–Trinajstić information content (AvgIpc) is 3.06. The van der Waals surface area contributed by atoms with Crippen molar-refractivity contribution in [2.75, 3.05) is 73.0 Å². The Labute approximate surface area is 273 Å². The van der Waals surface area contributed by atoms with Crippen molar-refractivity contribution in [3.63, 3.8) is 0 Å². The number of carboxylic acids is 1. The summed E-state index contributed by atoms with van der Waals surface area (Å²) in [5, 5.41) is 20.6. The van der Waals surface area contributed by atoms with Gasteiger partial charge in [-0.1, -0.05) is 12.2 Å². The van der Waals surface area contributed by atoms with Gasteiger partial charge in [0.05, 0.1) is 51.3 Å². The molecule has 0 saturated heterocycles. The summed E-state index contributed by atoms with van der Waals surface area (Å²) < 4.78 is 16.3. The van der Waals surface area contributed by atoms with Crippen molar-refractivity contribution in [3.05, 3.63) is 12.2 Å². The molecule has 18 nitrogen and oxygen atoms in total. The molecule has 0 spiro atoms. The lowest BCUT2D eigenvalue weighted by Gasteiger charge is -2.27. The molecule has 0 radical (unpaired) electrons. The molecule has 5 atom stereocenters. The molecule has 0 saturated carbocycles. The van der Waals surface area contributed by atoms with Crippen molar-refractivity contribution < 1.29 is 38.5 Å². The number of ether oxygens (including phenoxy) is 3. The van der Waals surface area contributed by atoms with Gasteiger partial charge in [-0.3, -0.25) is 34.6 Å². The number of fused-ring (bicyclic) bond motifs is 1. The van der Waals surface area contributed by atoms with E-state index in [4.69, 9.17) is 25.7 Å². The fourth-order valence-corrected chi connectivity index (χ4v) is 4.75. The Hall–Kier alpha value is -3.81. The zero-order valence-corrected chi connectivity index (χ0v) is 26.8. The van der Waals surface area contributed by atoms with Crippen LogP contribution >= 0.6 is 0 Å². The smallest absolute Gasteiger partial charge is 0.326 e. The van der Waals surface area contributed by atoms with Crippen LogP contribution in [0.4, 0.5) is 0 Å². The number of carbonyl (C=O) groups excluding carboxylic acids is 3. The highest BCUT2D eigenvalue weighted by atomic mass is 16.5. The van der Waals surface area contributed by atoms with Gasteiger partial charge in [0, 0.05) is 45.0 Å². The second-order valence-electron chi connectivity index (χ2n) is 11.2. The zero-order valence-electron chi connectivity index (χ0n) is 26.8. The number of nitrogens with one attached hydrogen (secondary N) is 4. The number of guanidine groups is 1. The molecule has 0 fully saturated rings. The molecule has 262 valence electrons. The number of rotatable bonds is 22.